The number of rotatable bonds is 5. The summed E-state index contributed by atoms with van der Waals surface area (Å²) in [5.74, 6) is 0.751. The van der Waals surface area contributed by atoms with Gasteiger partial charge in [-0.1, -0.05) is 20.8 Å². The molecule has 0 radical (unpaired) electrons. The number of aliphatic hydroxyl groups excluding tert-OH is 1. The van der Waals surface area contributed by atoms with Gasteiger partial charge in [0.2, 0.25) is 0 Å². The lowest BCUT2D eigenvalue weighted by molar-refractivity contribution is 0.101. The van der Waals surface area contributed by atoms with Crippen molar-refractivity contribution in [1.29, 1.82) is 0 Å². The highest BCUT2D eigenvalue weighted by Gasteiger charge is 2.36. The molecule has 19 heavy (non-hydrogen) atoms. The van der Waals surface area contributed by atoms with Crippen molar-refractivity contribution in [3.05, 3.63) is 0 Å². The molecular weight excluding hydrogens is 236 g/mol. The zero-order valence-corrected chi connectivity index (χ0v) is 13.0. The van der Waals surface area contributed by atoms with E-state index in [1.807, 2.05) is 0 Å². The van der Waals surface area contributed by atoms with Crippen LogP contribution in [0.25, 0.3) is 0 Å². The Kier molecular flexibility index (Phi) is 5.27. The first-order chi connectivity index (χ1) is 9.00. The van der Waals surface area contributed by atoms with Crippen LogP contribution in [0.3, 0.4) is 0 Å². The summed E-state index contributed by atoms with van der Waals surface area (Å²) in [6.07, 6.45) is 6.07. The van der Waals surface area contributed by atoms with E-state index in [1.54, 1.807) is 0 Å². The van der Waals surface area contributed by atoms with Gasteiger partial charge in [-0.25, -0.2) is 0 Å². The molecule has 0 spiro atoms. The van der Waals surface area contributed by atoms with Gasteiger partial charge in [-0.15, -0.1) is 0 Å². The van der Waals surface area contributed by atoms with Gasteiger partial charge < -0.3 is 15.3 Å². The second kappa shape index (κ2) is 6.55. The highest BCUT2D eigenvalue weighted by molar-refractivity contribution is 4.91. The predicted octanol–water partition coefficient (Wildman–Crippen LogP) is 2.25. The van der Waals surface area contributed by atoms with E-state index in [-0.39, 0.29) is 6.10 Å². The third kappa shape index (κ3) is 4.44. The second-order valence-electron chi connectivity index (χ2n) is 7.43. The van der Waals surface area contributed by atoms with E-state index >= 15 is 0 Å². The van der Waals surface area contributed by atoms with E-state index in [1.165, 1.54) is 32.2 Å². The van der Waals surface area contributed by atoms with Crippen LogP contribution in [0, 0.1) is 11.3 Å². The van der Waals surface area contributed by atoms with Crippen molar-refractivity contribution in [3.8, 4) is 0 Å². The van der Waals surface area contributed by atoms with Crippen molar-refractivity contribution in [2.24, 2.45) is 11.3 Å². The maximum Gasteiger partial charge on any atom is 0.0679 e. The fraction of sp³-hybridized carbons (Fsp3) is 1.00. The van der Waals surface area contributed by atoms with Gasteiger partial charge in [0.1, 0.15) is 0 Å². The SMILES string of the molecule is CCCNC1CCC(C)(C)CC1CN1CCC(O)C1. The standard InChI is InChI=1S/C16H32N2O/c1-4-8-17-15-5-7-16(2,3)10-13(15)11-18-9-6-14(19)12-18/h13-15,17,19H,4-12H2,1-3H3. The Bertz CT molecular complexity index is 280. The summed E-state index contributed by atoms with van der Waals surface area (Å²) in [6.45, 7) is 11.3. The molecule has 3 heteroatoms. The average Bonchev–Trinajstić information content (AvgIpc) is 2.73. The Hall–Kier alpha value is -0.120. The summed E-state index contributed by atoms with van der Waals surface area (Å²) in [5, 5.41) is 13.4. The van der Waals surface area contributed by atoms with Gasteiger partial charge in [-0.3, -0.25) is 0 Å². The van der Waals surface area contributed by atoms with Gasteiger partial charge >= 0.3 is 0 Å². The van der Waals surface area contributed by atoms with Crippen molar-refractivity contribution < 1.29 is 5.11 Å². The molecule has 0 bridgehead atoms. The van der Waals surface area contributed by atoms with E-state index < -0.39 is 0 Å². The summed E-state index contributed by atoms with van der Waals surface area (Å²) in [5.41, 5.74) is 0.493. The summed E-state index contributed by atoms with van der Waals surface area (Å²) >= 11 is 0. The number of likely N-dealkylation sites (tertiary alicyclic amines) is 1. The molecule has 3 unspecified atom stereocenters. The van der Waals surface area contributed by atoms with Crippen LogP contribution < -0.4 is 5.32 Å². The highest BCUT2D eigenvalue weighted by atomic mass is 16.3. The lowest BCUT2D eigenvalue weighted by Gasteiger charge is -2.42. The van der Waals surface area contributed by atoms with Gasteiger partial charge in [-0.2, -0.15) is 0 Å². The fourth-order valence-corrected chi connectivity index (χ4v) is 3.84. The average molecular weight is 268 g/mol. The molecule has 0 amide bonds. The van der Waals surface area contributed by atoms with Gasteiger partial charge in [0.05, 0.1) is 6.10 Å². The van der Waals surface area contributed by atoms with Gasteiger partial charge in [0, 0.05) is 25.7 Å². The molecule has 0 aromatic carbocycles. The van der Waals surface area contributed by atoms with E-state index in [4.69, 9.17) is 0 Å². The van der Waals surface area contributed by atoms with Gasteiger partial charge in [0.25, 0.3) is 0 Å². The Morgan fingerprint density at radius 1 is 1.32 bits per heavy atom. The summed E-state index contributed by atoms with van der Waals surface area (Å²) < 4.78 is 0. The predicted molar refractivity (Wildman–Crippen MR) is 80.3 cm³/mol. The minimum atomic E-state index is -0.0846. The molecule has 1 aliphatic heterocycles. The Morgan fingerprint density at radius 2 is 2.11 bits per heavy atom. The molecule has 1 saturated carbocycles. The Labute approximate surface area is 118 Å². The molecule has 3 atom stereocenters. The van der Waals surface area contributed by atoms with Gasteiger partial charge in [-0.05, 0) is 50.0 Å². The van der Waals surface area contributed by atoms with Crippen molar-refractivity contribution in [1.82, 2.24) is 10.2 Å². The van der Waals surface area contributed by atoms with Crippen molar-refractivity contribution in [2.45, 2.75) is 65.0 Å². The zero-order chi connectivity index (χ0) is 13.9. The molecular formula is C16H32N2O. The Morgan fingerprint density at radius 3 is 2.74 bits per heavy atom. The summed E-state index contributed by atoms with van der Waals surface area (Å²) in [6, 6.07) is 0.686. The molecule has 2 aliphatic rings. The number of β-amino-alcohol motifs (C(OH)–C–C–N with tert-alkyl or cyclic N) is 1. The van der Waals surface area contributed by atoms with E-state index in [9.17, 15) is 5.11 Å². The van der Waals surface area contributed by atoms with Crippen LogP contribution in [0.4, 0.5) is 0 Å². The first-order valence-electron chi connectivity index (χ1n) is 8.14. The van der Waals surface area contributed by atoms with E-state index in [0.717, 1.165) is 32.0 Å². The first-order valence-corrected chi connectivity index (χ1v) is 8.14. The lowest BCUT2D eigenvalue weighted by atomic mass is 9.69. The normalized spacial score (nSPS) is 35.7. The minimum absolute atomic E-state index is 0.0846. The molecule has 2 rings (SSSR count). The van der Waals surface area contributed by atoms with Crippen molar-refractivity contribution in [3.63, 3.8) is 0 Å². The zero-order valence-electron chi connectivity index (χ0n) is 13.0. The molecule has 1 saturated heterocycles. The molecule has 2 fully saturated rings. The van der Waals surface area contributed by atoms with Crippen LogP contribution in [0.2, 0.25) is 0 Å². The summed E-state index contributed by atoms with van der Waals surface area (Å²) in [4.78, 5) is 2.47. The molecule has 3 nitrogen and oxygen atoms in total. The highest BCUT2D eigenvalue weighted by Crippen LogP contribution is 2.39. The maximum absolute atomic E-state index is 9.68. The Balaban J connectivity index is 1.90. The van der Waals surface area contributed by atoms with Crippen LogP contribution in [-0.2, 0) is 0 Å². The van der Waals surface area contributed by atoms with Crippen LogP contribution in [-0.4, -0.2) is 48.3 Å². The topological polar surface area (TPSA) is 35.5 Å². The van der Waals surface area contributed by atoms with Crippen molar-refractivity contribution >= 4 is 0 Å². The molecule has 0 aromatic heterocycles. The molecule has 1 heterocycles. The number of aliphatic hydroxyl groups is 1. The van der Waals surface area contributed by atoms with Crippen molar-refractivity contribution in [2.75, 3.05) is 26.2 Å². The number of nitrogens with zero attached hydrogens (tertiary/aromatic N) is 1. The maximum atomic E-state index is 9.68. The lowest BCUT2D eigenvalue weighted by Crippen LogP contribution is -2.47. The molecule has 0 aromatic rings. The quantitative estimate of drug-likeness (QED) is 0.803. The fourth-order valence-electron chi connectivity index (χ4n) is 3.84. The molecule has 2 N–H and O–H groups in total. The summed E-state index contributed by atoms with van der Waals surface area (Å²) in [7, 11) is 0. The molecule has 1 aliphatic carbocycles. The van der Waals surface area contributed by atoms with Crippen LogP contribution in [0.1, 0.15) is 52.9 Å². The second-order valence-corrected chi connectivity index (χ2v) is 7.43. The minimum Gasteiger partial charge on any atom is -0.392 e. The first kappa shape index (κ1) is 15.3. The van der Waals surface area contributed by atoms with E-state index in [2.05, 4.69) is 31.0 Å². The third-order valence-corrected chi connectivity index (χ3v) is 4.91. The van der Waals surface area contributed by atoms with Crippen LogP contribution >= 0.6 is 0 Å². The van der Waals surface area contributed by atoms with Crippen LogP contribution in [0.15, 0.2) is 0 Å². The largest absolute Gasteiger partial charge is 0.392 e. The number of hydrogen-bond donors (Lipinski definition) is 2. The number of hydrogen-bond acceptors (Lipinski definition) is 3. The molecule has 112 valence electrons. The monoisotopic (exact) mass is 268 g/mol. The smallest absolute Gasteiger partial charge is 0.0679 e. The van der Waals surface area contributed by atoms with E-state index in [0.29, 0.717) is 11.5 Å². The van der Waals surface area contributed by atoms with Crippen LogP contribution in [0.5, 0.6) is 0 Å². The number of nitrogens with one attached hydrogen (secondary N) is 1. The van der Waals surface area contributed by atoms with Gasteiger partial charge in [0.15, 0.2) is 0 Å². The third-order valence-electron chi connectivity index (χ3n) is 4.91.